The van der Waals surface area contributed by atoms with Crippen molar-refractivity contribution in [3.63, 3.8) is 0 Å². The maximum absolute atomic E-state index is 11.8. The Morgan fingerprint density at radius 2 is 1.90 bits per heavy atom. The number of hydrogen-bond donors (Lipinski definition) is 0. The van der Waals surface area contributed by atoms with E-state index in [4.69, 9.17) is 9.47 Å². The minimum Gasteiger partial charge on any atom is -0.494 e. The summed E-state index contributed by atoms with van der Waals surface area (Å²) in [6.07, 6.45) is 2.56. The molecule has 2 aliphatic heterocycles. The highest BCUT2D eigenvalue weighted by atomic mass is 16.5. The van der Waals surface area contributed by atoms with Gasteiger partial charge in [-0.15, -0.1) is 0 Å². The number of carbonyl (C=O) groups excluding carboxylic acids is 1. The molecule has 2 aliphatic rings. The molecular weight excluding hydrogens is 366 g/mol. The maximum Gasteiger partial charge on any atom is 0.305 e. The topological polar surface area (TPSA) is 45.2 Å². The van der Waals surface area contributed by atoms with E-state index < -0.39 is 0 Å². The van der Waals surface area contributed by atoms with E-state index in [0.29, 0.717) is 25.0 Å². The van der Waals surface area contributed by atoms with Gasteiger partial charge >= 0.3 is 5.97 Å². The lowest BCUT2D eigenvalue weighted by atomic mass is 9.86. The number of ether oxygens (including phenoxy) is 2. The summed E-state index contributed by atoms with van der Waals surface area (Å²) in [7, 11) is 3.68. The molecule has 29 heavy (non-hydrogen) atoms. The summed E-state index contributed by atoms with van der Waals surface area (Å²) in [4.78, 5) is 19.4. The van der Waals surface area contributed by atoms with Gasteiger partial charge < -0.3 is 14.4 Å². The minimum atomic E-state index is -0.0963. The molecule has 0 spiro atoms. The molecule has 0 aromatic heterocycles. The molecular formula is C23H37N3O3. The quantitative estimate of drug-likeness (QED) is 0.622. The highest BCUT2D eigenvalue weighted by molar-refractivity contribution is 5.69. The van der Waals surface area contributed by atoms with Crippen LogP contribution >= 0.6 is 0 Å². The molecule has 2 atom stereocenters. The van der Waals surface area contributed by atoms with Crippen LogP contribution in [0.25, 0.3) is 0 Å². The molecule has 6 nitrogen and oxygen atoms in total. The zero-order valence-corrected chi connectivity index (χ0v) is 18.3. The van der Waals surface area contributed by atoms with E-state index >= 15 is 0 Å². The van der Waals surface area contributed by atoms with Gasteiger partial charge in [0.15, 0.2) is 0 Å². The Labute approximate surface area is 175 Å². The standard InChI is InChI=1S/C23H37N3O3/c1-4-29-22-8-6-5-7-20(22)18-25-12-11-21(26-15-13-24(2)14-16-26)19(17-25)9-10-23(27)28-3/h5-8,19,21H,4,9-18H2,1-3H3/t19-,21+/m0/s1. The van der Waals surface area contributed by atoms with Gasteiger partial charge in [-0.3, -0.25) is 14.6 Å². The fourth-order valence-electron chi connectivity index (χ4n) is 4.73. The van der Waals surface area contributed by atoms with Gasteiger partial charge in [0.1, 0.15) is 5.75 Å². The van der Waals surface area contributed by atoms with Crippen LogP contribution in [-0.4, -0.2) is 86.7 Å². The largest absolute Gasteiger partial charge is 0.494 e. The number of piperidine rings is 1. The molecule has 0 saturated carbocycles. The lowest BCUT2D eigenvalue weighted by Gasteiger charge is -2.46. The summed E-state index contributed by atoms with van der Waals surface area (Å²) in [5.41, 5.74) is 1.25. The molecule has 2 fully saturated rings. The average Bonchev–Trinajstić information content (AvgIpc) is 2.74. The number of rotatable bonds is 8. The van der Waals surface area contributed by atoms with Gasteiger partial charge in [0, 0.05) is 57.3 Å². The molecule has 0 aliphatic carbocycles. The van der Waals surface area contributed by atoms with E-state index in [1.807, 2.05) is 13.0 Å². The lowest BCUT2D eigenvalue weighted by Crippen LogP contribution is -2.56. The molecule has 1 aromatic rings. The Bertz CT molecular complexity index is 646. The second-order valence-electron chi connectivity index (χ2n) is 8.35. The number of piperazine rings is 1. The zero-order valence-electron chi connectivity index (χ0n) is 18.3. The number of para-hydroxylation sites is 1. The molecule has 3 rings (SSSR count). The van der Waals surface area contributed by atoms with Crippen molar-refractivity contribution in [2.45, 2.75) is 38.8 Å². The number of benzene rings is 1. The highest BCUT2D eigenvalue weighted by Crippen LogP contribution is 2.29. The molecule has 162 valence electrons. The van der Waals surface area contributed by atoms with E-state index in [0.717, 1.165) is 64.4 Å². The third-order valence-corrected chi connectivity index (χ3v) is 6.40. The van der Waals surface area contributed by atoms with Crippen molar-refractivity contribution in [1.29, 1.82) is 0 Å². The number of carbonyl (C=O) groups is 1. The molecule has 0 radical (unpaired) electrons. The minimum absolute atomic E-state index is 0.0963. The third-order valence-electron chi connectivity index (χ3n) is 6.40. The van der Waals surface area contributed by atoms with E-state index in [9.17, 15) is 4.79 Å². The fraction of sp³-hybridized carbons (Fsp3) is 0.696. The molecule has 2 saturated heterocycles. The number of esters is 1. The van der Waals surface area contributed by atoms with Gasteiger partial charge in [0.2, 0.25) is 0 Å². The Morgan fingerprint density at radius 3 is 2.62 bits per heavy atom. The smallest absolute Gasteiger partial charge is 0.305 e. The zero-order chi connectivity index (χ0) is 20.6. The van der Waals surface area contributed by atoms with Gasteiger partial charge in [-0.25, -0.2) is 0 Å². The first-order valence-electron chi connectivity index (χ1n) is 11.0. The van der Waals surface area contributed by atoms with Gasteiger partial charge in [0.05, 0.1) is 13.7 Å². The van der Waals surface area contributed by atoms with Crippen LogP contribution in [0, 0.1) is 5.92 Å². The maximum atomic E-state index is 11.8. The van der Waals surface area contributed by atoms with Crippen LogP contribution in [0.2, 0.25) is 0 Å². The summed E-state index contributed by atoms with van der Waals surface area (Å²) >= 11 is 0. The molecule has 6 heteroatoms. The van der Waals surface area contributed by atoms with Crippen LogP contribution in [0.15, 0.2) is 24.3 Å². The monoisotopic (exact) mass is 403 g/mol. The normalized spacial score (nSPS) is 24.4. The molecule has 2 heterocycles. The van der Waals surface area contributed by atoms with Crippen molar-refractivity contribution in [2.75, 3.05) is 60.0 Å². The predicted molar refractivity (Wildman–Crippen MR) is 115 cm³/mol. The van der Waals surface area contributed by atoms with Crippen LogP contribution in [-0.2, 0) is 16.1 Å². The lowest BCUT2D eigenvalue weighted by molar-refractivity contribution is -0.141. The van der Waals surface area contributed by atoms with Crippen LogP contribution in [0.1, 0.15) is 31.7 Å². The second-order valence-corrected chi connectivity index (χ2v) is 8.35. The first-order valence-corrected chi connectivity index (χ1v) is 11.0. The van der Waals surface area contributed by atoms with Crippen molar-refractivity contribution >= 4 is 5.97 Å². The summed E-state index contributed by atoms with van der Waals surface area (Å²) in [6, 6.07) is 8.91. The van der Waals surface area contributed by atoms with Crippen molar-refractivity contribution in [3.8, 4) is 5.75 Å². The highest BCUT2D eigenvalue weighted by Gasteiger charge is 2.34. The molecule has 1 aromatic carbocycles. The van der Waals surface area contributed by atoms with Crippen LogP contribution in [0.3, 0.4) is 0 Å². The van der Waals surface area contributed by atoms with Crippen LogP contribution < -0.4 is 4.74 Å². The number of likely N-dealkylation sites (tertiary alicyclic amines) is 1. The SMILES string of the molecule is CCOc1ccccc1CN1CC[C@@H](N2CCN(C)CC2)[C@@H](CCC(=O)OC)C1. The Hall–Kier alpha value is -1.63. The summed E-state index contributed by atoms with van der Waals surface area (Å²) in [5.74, 6) is 1.38. The number of methoxy groups -OCH3 is 1. The number of hydrogen-bond acceptors (Lipinski definition) is 6. The van der Waals surface area contributed by atoms with E-state index in [-0.39, 0.29) is 5.97 Å². The Morgan fingerprint density at radius 1 is 1.14 bits per heavy atom. The van der Waals surface area contributed by atoms with E-state index in [1.54, 1.807) is 0 Å². The summed E-state index contributed by atoms with van der Waals surface area (Å²) in [6.45, 7) is 10.2. The first-order chi connectivity index (χ1) is 14.1. The molecule has 0 unspecified atom stereocenters. The van der Waals surface area contributed by atoms with Gasteiger partial charge in [-0.05, 0) is 45.3 Å². The molecule has 0 amide bonds. The van der Waals surface area contributed by atoms with E-state index in [1.165, 1.54) is 12.7 Å². The van der Waals surface area contributed by atoms with Gasteiger partial charge in [-0.1, -0.05) is 18.2 Å². The van der Waals surface area contributed by atoms with Crippen molar-refractivity contribution in [1.82, 2.24) is 14.7 Å². The van der Waals surface area contributed by atoms with Gasteiger partial charge in [0.25, 0.3) is 0 Å². The van der Waals surface area contributed by atoms with Gasteiger partial charge in [-0.2, -0.15) is 0 Å². The Balaban J connectivity index is 1.66. The summed E-state index contributed by atoms with van der Waals surface area (Å²) < 4.78 is 10.7. The van der Waals surface area contributed by atoms with E-state index in [2.05, 4.69) is 39.9 Å². The summed E-state index contributed by atoms with van der Waals surface area (Å²) in [5, 5.41) is 0. The predicted octanol–water partition coefficient (Wildman–Crippen LogP) is 2.48. The fourth-order valence-corrected chi connectivity index (χ4v) is 4.73. The van der Waals surface area contributed by atoms with Crippen LogP contribution in [0.5, 0.6) is 5.75 Å². The first kappa shape index (κ1) is 22.1. The third kappa shape index (κ3) is 6.17. The van der Waals surface area contributed by atoms with Crippen LogP contribution in [0.4, 0.5) is 0 Å². The van der Waals surface area contributed by atoms with Crippen molar-refractivity contribution in [3.05, 3.63) is 29.8 Å². The Kier molecular flexibility index (Phi) is 8.33. The molecule has 0 N–H and O–H groups in total. The average molecular weight is 404 g/mol. The number of nitrogens with zero attached hydrogens (tertiary/aromatic N) is 3. The second kappa shape index (κ2) is 11.0. The number of likely N-dealkylation sites (N-methyl/N-ethyl adjacent to an activating group) is 1. The van der Waals surface area contributed by atoms with Crippen molar-refractivity contribution in [2.24, 2.45) is 5.92 Å². The molecule has 0 bridgehead atoms. The van der Waals surface area contributed by atoms with Crippen molar-refractivity contribution < 1.29 is 14.3 Å².